The van der Waals surface area contributed by atoms with Gasteiger partial charge in [-0.15, -0.1) is 11.8 Å². The Morgan fingerprint density at radius 2 is 2.18 bits per heavy atom. The Kier molecular flexibility index (Phi) is 5.95. The van der Waals surface area contributed by atoms with Gasteiger partial charge in [-0.3, -0.25) is 0 Å². The van der Waals surface area contributed by atoms with Gasteiger partial charge in [-0.1, -0.05) is 26.0 Å². The topological polar surface area (TPSA) is 46.2 Å². The van der Waals surface area contributed by atoms with Crippen molar-refractivity contribution >= 4 is 11.8 Å². The summed E-state index contributed by atoms with van der Waals surface area (Å²) in [5, 5.41) is 9.23. The van der Waals surface area contributed by atoms with E-state index in [0.29, 0.717) is 0 Å². The molecular weight excluding hydrogens is 237 g/mol. The van der Waals surface area contributed by atoms with E-state index in [-0.39, 0.29) is 29.0 Å². The van der Waals surface area contributed by atoms with Crippen LogP contribution < -0.4 is 5.73 Å². The lowest BCUT2D eigenvalue weighted by atomic mass is 10.0. The predicted octanol–water partition coefficient (Wildman–Crippen LogP) is 2.72. The molecule has 1 rings (SSSR count). The van der Waals surface area contributed by atoms with Crippen molar-refractivity contribution < 1.29 is 9.50 Å². The number of thioether (sulfide) groups is 1. The SMILES string of the molecule is CCC(N)C(SC(C)CO)c1cccc(F)c1. The van der Waals surface area contributed by atoms with Crippen LogP contribution in [0, 0.1) is 5.82 Å². The van der Waals surface area contributed by atoms with E-state index in [1.807, 2.05) is 19.9 Å². The normalized spacial score (nSPS) is 16.5. The van der Waals surface area contributed by atoms with Crippen LogP contribution >= 0.6 is 11.8 Å². The van der Waals surface area contributed by atoms with E-state index in [1.165, 1.54) is 12.1 Å². The van der Waals surface area contributed by atoms with Crippen LogP contribution in [0.4, 0.5) is 4.39 Å². The minimum atomic E-state index is -0.243. The lowest BCUT2D eigenvalue weighted by molar-refractivity contribution is 0.299. The molecule has 0 saturated carbocycles. The van der Waals surface area contributed by atoms with Gasteiger partial charge in [0.05, 0.1) is 6.61 Å². The molecular formula is C13H20FNOS. The number of aliphatic hydroxyl groups excluding tert-OH is 1. The highest BCUT2D eigenvalue weighted by Gasteiger charge is 2.21. The Labute approximate surface area is 106 Å². The maximum Gasteiger partial charge on any atom is 0.123 e. The number of aliphatic hydroxyl groups is 1. The summed E-state index contributed by atoms with van der Waals surface area (Å²) in [5.74, 6) is -0.243. The summed E-state index contributed by atoms with van der Waals surface area (Å²) in [5.41, 5.74) is 6.97. The van der Waals surface area contributed by atoms with E-state index >= 15 is 0 Å². The number of halogens is 1. The molecule has 3 unspecified atom stereocenters. The first-order valence-electron chi connectivity index (χ1n) is 5.85. The molecule has 3 N–H and O–H groups in total. The zero-order valence-electron chi connectivity index (χ0n) is 10.3. The van der Waals surface area contributed by atoms with Crippen LogP contribution in [0.2, 0.25) is 0 Å². The molecule has 0 aliphatic carbocycles. The molecule has 17 heavy (non-hydrogen) atoms. The molecule has 0 aliphatic rings. The zero-order chi connectivity index (χ0) is 12.8. The van der Waals surface area contributed by atoms with Gasteiger partial charge in [0, 0.05) is 16.5 Å². The van der Waals surface area contributed by atoms with E-state index in [4.69, 9.17) is 10.8 Å². The molecule has 0 aliphatic heterocycles. The molecule has 4 heteroatoms. The molecule has 0 amide bonds. The van der Waals surface area contributed by atoms with Crippen molar-refractivity contribution in [3.8, 4) is 0 Å². The van der Waals surface area contributed by atoms with Gasteiger partial charge in [-0.05, 0) is 24.1 Å². The monoisotopic (exact) mass is 257 g/mol. The van der Waals surface area contributed by atoms with E-state index in [1.54, 1.807) is 17.8 Å². The maximum absolute atomic E-state index is 13.2. The van der Waals surface area contributed by atoms with E-state index in [0.717, 1.165) is 12.0 Å². The third kappa shape index (κ3) is 4.30. The van der Waals surface area contributed by atoms with Crippen LogP contribution in [-0.2, 0) is 0 Å². The minimum absolute atomic E-state index is 0.0258. The van der Waals surface area contributed by atoms with Gasteiger partial charge in [0.15, 0.2) is 0 Å². The van der Waals surface area contributed by atoms with Gasteiger partial charge in [0.1, 0.15) is 5.82 Å². The molecule has 0 bridgehead atoms. The van der Waals surface area contributed by atoms with Crippen molar-refractivity contribution in [1.29, 1.82) is 0 Å². The average molecular weight is 257 g/mol. The fourth-order valence-electron chi connectivity index (χ4n) is 1.62. The van der Waals surface area contributed by atoms with E-state index < -0.39 is 0 Å². The quantitative estimate of drug-likeness (QED) is 0.823. The molecule has 2 nitrogen and oxygen atoms in total. The largest absolute Gasteiger partial charge is 0.395 e. The van der Waals surface area contributed by atoms with Crippen molar-refractivity contribution in [3.05, 3.63) is 35.6 Å². The Hall–Kier alpha value is -0.580. The lowest BCUT2D eigenvalue weighted by Crippen LogP contribution is -2.27. The molecule has 0 fully saturated rings. The van der Waals surface area contributed by atoms with E-state index in [2.05, 4.69) is 0 Å². The highest BCUT2D eigenvalue weighted by molar-refractivity contribution is 8.00. The van der Waals surface area contributed by atoms with Crippen LogP contribution in [0.25, 0.3) is 0 Å². The van der Waals surface area contributed by atoms with Crippen LogP contribution in [0.15, 0.2) is 24.3 Å². The second-order valence-corrected chi connectivity index (χ2v) is 5.76. The molecule has 3 atom stereocenters. The second-order valence-electron chi connectivity index (χ2n) is 4.18. The zero-order valence-corrected chi connectivity index (χ0v) is 11.1. The van der Waals surface area contributed by atoms with Gasteiger partial charge in [-0.2, -0.15) is 0 Å². The van der Waals surface area contributed by atoms with Crippen molar-refractivity contribution in [3.63, 3.8) is 0 Å². The van der Waals surface area contributed by atoms with Gasteiger partial charge in [0.2, 0.25) is 0 Å². The average Bonchev–Trinajstić information content (AvgIpc) is 2.34. The maximum atomic E-state index is 13.2. The first-order valence-corrected chi connectivity index (χ1v) is 6.80. The van der Waals surface area contributed by atoms with Crippen LogP contribution in [0.5, 0.6) is 0 Å². The van der Waals surface area contributed by atoms with Crippen molar-refractivity contribution in [2.45, 2.75) is 36.8 Å². The smallest absolute Gasteiger partial charge is 0.123 e. The summed E-state index contributed by atoms with van der Waals surface area (Å²) in [6, 6.07) is 6.51. The van der Waals surface area contributed by atoms with Crippen LogP contribution in [0.1, 0.15) is 31.1 Å². The number of hydrogen-bond donors (Lipinski definition) is 2. The van der Waals surface area contributed by atoms with Gasteiger partial charge in [0.25, 0.3) is 0 Å². The number of hydrogen-bond acceptors (Lipinski definition) is 3. The second kappa shape index (κ2) is 6.99. The van der Waals surface area contributed by atoms with Gasteiger partial charge >= 0.3 is 0 Å². The Morgan fingerprint density at radius 3 is 2.71 bits per heavy atom. The highest BCUT2D eigenvalue weighted by atomic mass is 32.2. The Bertz CT molecular complexity index is 348. The highest BCUT2D eigenvalue weighted by Crippen LogP contribution is 2.35. The Balaban J connectivity index is 2.89. The molecule has 0 radical (unpaired) electrons. The fourth-order valence-corrected chi connectivity index (χ4v) is 2.90. The van der Waals surface area contributed by atoms with Gasteiger partial charge < -0.3 is 10.8 Å². The number of rotatable bonds is 6. The minimum Gasteiger partial charge on any atom is -0.395 e. The van der Waals surface area contributed by atoms with Gasteiger partial charge in [-0.25, -0.2) is 4.39 Å². The van der Waals surface area contributed by atoms with Crippen LogP contribution in [0.3, 0.4) is 0 Å². The molecule has 0 heterocycles. The van der Waals surface area contributed by atoms with Crippen molar-refractivity contribution in [2.24, 2.45) is 5.73 Å². The first kappa shape index (κ1) is 14.5. The lowest BCUT2D eigenvalue weighted by Gasteiger charge is -2.25. The molecule has 0 saturated heterocycles. The van der Waals surface area contributed by atoms with Crippen molar-refractivity contribution in [2.75, 3.05) is 6.61 Å². The summed E-state index contributed by atoms with van der Waals surface area (Å²) in [6.45, 7) is 4.06. The standard InChI is InChI=1S/C13H20FNOS/c1-3-12(15)13(17-9(2)8-16)10-5-4-6-11(14)7-10/h4-7,9,12-13,16H,3,8,15H2,1-2H3. The predicted molar refractivity (Wildman–Crippen MR) is 71.5 cm³/mol. The molecule has 1 aromatic carbocycles. The molecule has 0 aromatic heterocycles. The van der Waals surface area contributed by atoms with Crippen LogP contribution in [-0.4, -0.2) is 23.0 Å². The Morgan fingerprint density at radius 1 is 1.47 bits per heavy atom. The fraction of sp³-hybridized carbons (Fsp3) is 0.538. The summed E-state index contributed by atoms with van der Waals surface area (Å²) in [6.07, 6.45) is 0.826. The number of nitrogens with two attached hydrogens (primary N) is 1. The summed E-state index contributed by atoms with van der Waals surface area (Å²) >= 11 is 1.60. The summed E-state index contributed by atoms with van der Waals surface area (Å²) in [7, 11) is 0. The third-order valence-corrected chi connectivity index (χ3v) is 4.20. The number of benzene rings is 1. The van der Waals surface area contributed by atoms with Crippen molar-refractivity contribution in [1.82, 2.24) is 0 Å². The first-order chi connectivity index (χ1) is 8.08. The van der Waals surface area contributed by atoms with E-state index in [9.17, 15) is 4.39 Å². The molecule has 0 spiro atoms. The summed E-state index contributed by atoms with van der Waals surface area (Å²) in [4.78, 5) is 0. The third-order valence-electron chi connectivity index (χ3n) is 2.67. The molecule has 1 aromatic rings. The summed E-state index contributed by atoms with van der Waals surface area (Å²) < 4.78 is 13.2. The molecule has 96 valence electrons.